The molecule has 98 valence electrons. The van der Waals surface area contributed by atoms with Crippen molar-refractivity contribution < 1.29 is 9.53 Å². The van der Waals surface area contributed by atoms with Crippen molar-refractivity contribution in [1.29, 1.82) is 0 Å². The molecule has 0 radical (unpaired) electrons. The minimum Gasteiger partial charge on any atom is -0.496 e. The monoisotopic (exact) mass is 313 g/mol. The number of halogens is 1. The van der Waals surface area contributed by atoms with Crippen molar-refractivity contribution in [3.8, 4) is 5.75 Å². The van der Waals surface area contributed by atoms with Crippen LogP contribution in [0.2, 0.25) is 0 Å². The molecule has 1 aliphatic heterocycles. The Kier molecular flexibility index (Phi) is 4.08. The van der Waals surface area contributed by atoms with E-state index in [1.54, 1.807) is 12.0 Å². The van der Waals surface area contributed by atoms with Crippen LogP contribution in [0.25, 0.3) is 0 Å². The Morgan fingerprint density at radius 3 is 3.00 bits per heavy atom. The lowest BCUT2D eigenvalue weighted by Gasteiger charge is -2.13. The molecule has 1 heterocycles. The summed E-state index contributed by atoms with van der Waals surface area (Å²) in [5.41, 5.74) is 6.52. The second kappa shape index (κ2) is 5.58. The Balaban J connectivity index is 2.13. The minimum absolute atomic E-state index is 0.00579. The van der Waals surface area contributed by atoms with E-state index >= 15 is 0 Å². The second-order valence-corrected chi connectivity index (χ2v) is 4.99. The fraction of sp³-hybridized carbons (Fsp3) is 0.417. The molecule has 2 amide bonds. The molecule has 0 saturated carbocycles. The zero-order valence-corrected chi connectivity index (χ0v) is 11.7. The van der Waals surface area contributed by atoms with Gasteiger partial charge in [-0.05, 0) is 33.6 Å². The molecule has 0 aliphatic carbocycles. The molecule has 1 aromatic rings. The third-order valence-corrected chi connectivity index (χ3v) is 3.58. The summed E-state index contributed by atoms with van der Waals surface area (Å²) in [6, 6.07) is 5.76. The number of carbonyl (C=O) groups is 1. The maximum absolute atomic E-state index is 11.7. The van der Waals surface area contributed by atoms with Gasteiger partial charge in [0.2, 0.25) is 0 Å². The predicted octanol–water partition coefficient (Wildman–Crippen LogP) is 1.48. The van der Waals surface area contributed by atoms with Crippen LogP contribution in [0.5, 0.6) is 5.75 Å². The number of nitrogens with zero attached hydrogens (tertiary/aromatic N) is 1. The van der Waals surface area contributed by atoms with Crippen molar-refractivity contribution >= 4 is 22.0 Å². The molecule has 1 aromatic carbocycles. The van der Waals surface area contributed by atoms with Gasteiger partial charge < -0.3 is 20.7 Å². The summed E-state index contributed by atoms with van der Waals surface area (Å²) in [5, 5.41) is 2.94. The maximum Gasteiger partial charge on any atom is 0.318 e. The molecule has 0 aromatic heterocycles. The first-order chi connectivity index (χ1) is 8.65. The Morgan fingerprint density at radius 1 is 1.61 bits per heavy atom. The van der Waals surface area contributed by atoms with E-state index in [1.807, 2.05) is 18.2 Å². The van der Waals surface area contributed by atoms with E-state index in [9.17, 15) is 4.79 Å². The first-order valence-electron chi connectivity index (χ1n) is 5.74. The number of hydrogen-bond acceptors (Lipinski definition) is 3. The predicted molar refractivity (Wildman–Crippen MR) is 72.6 cm³/mol. The van der Waals surface area contributed by atoms with Crippen LogP contribution < -0.4 is 15.8 Å². The van der Waals surface area contributed by atoms with Crippen LogP contribution >= 0.6 is 15.9 Å². The molecule has 1 aliphatic rings. The molecule has 5 nitrogen and oxygen atoms in total. The van der Waals surface area contributed by atoms with Gasteiger partial charge in [-0.1, -0.05) is 6.07 Å². The maximum atomic E-state index is 11.7. The molecule has 3 N–H and O–H groups in total. The number of nitrogens with one attached hydrogen (secondary N) is 1. The van der Waals surface area contributed by atoms with Crippen LogP contribution in [-0.4, -0.2) is 37.7 Å². The number of methoxy groups -OCH3 is 1. The summed E-state index contributed by atoms with van der Waals surface area (Å²) < 4.78 is 6.07. The topological polar surface area (TPSA) is 67.6 Å². The Labute approximate surface area is 114 Å². The van der Waals surface area contributed by atoms with Gasteiger partial charge in [0.15, 0.2) is 0 Å². The van der Waals surface area contributed by atoms with Gasteiger partial charge in [0.1, 0.15) is 5.75 Å². The van der Waals surface area contributed by atoms with E-state index in [0.29, 0.717) is 19.6 Å². The zero-order valence-electron chi connectivity index (χ0n) is 10.1. The summed E-state index contributed by atoms with van der Waals surface area (Å²) in [7, 11) is 1.63. The molecule has 1 fully saturated rings. The largest absolute Gasteiger partial charge is 0.496 e. The third-order valence-electron chi connectivity index (χ3n) is 2.97. The molecule has 1 saturated heterocycles. The van der Waals surface area contributed by atoms with Crippen molar-refractivity contribution in [2.75, 3.05) is 26.7 Å². The number of urea groups is 1. The van der Waals surface area contributed by atoms with E-state index in [0.717, 1.165) is 15.8 Å². The van der Waals surface area contributed by atoms with Crippen LogP contribution in [0.4, 0.5) is 4.79 Å². The highest BCUT2D eigenvalue weighted by Gasteiger charge is 2.29. The summed E-state index contributed by atoms with van der Waals surface area (Å²) in [4.78, 5) is 13.4. The van der Waals surface area contributed by atoms with Crippen LogP contribution in [0.3, 0.4) is 0 Å². The van der Waals surface area contributed by atoms with Gasteiger partial charge in [-0.15, -0.1) is 0 Å². The first kappa shape index (κ1) is 13.2. The third kappa shape index (κ3) is 2.59. The number of carbonyl (C=O) groups excluding carboxylic acids is 1. The number of amides is 2. The molecule has 1 atom stereocenters. The van der Waals surface area contributed by atoms with Crippen molar-refractivity contribution in [2.24, 2.45) is 5.73 Å². The Bertz CT molecular complexity index is 453. The summed E-state index contributed by atoms with van der Waals surface area (Å²) >= 11 is 3.44. The zero-order chi connectivity index (χ0) is 13.1. The quantitative estimate of drug-likeness (QED) is 0.885. The van der Waals surface area contributed by atoms with E-state index in [2.05, 4.69) is 21.2 Å². The molecular weight excluding hydrogens is 298 g/mol. The SMILES string of the molecule is COc1ccc(C2CN(CCN)C(=O)N2)cc1Br. The Morgan fingerprint density at radius 2 is 2.39 bits per heavy atom. The number of rotatable bonds is 4. The summed E-state index contributed by atoms with van der Waals surface area (Å²) in [5.74, 6) is 0.780. The van der Waals surface area contributed by atoms with Crippen LogP contribution in [-0.2, 0) is 0 Å². The lowest BCUT2D eigenvalue weighted by molar-refractivity contribution is 0.218. The summed E-state index contributed by atoms with van der Waals surface area (Å²) in [6.45, 7) is 1.71. The number of nitrogens with two attached hydrogens (primary N) is 1. The average molecular weight is 314 g/mol. The van der Waals surface area contributed by atoms with Crippen molar-refractivity contribution in [3.05, 3.63) is 28.2 Å². The van der Waals surface area contributed by atoms with E-state index in [4.69, 9.17) is 10.5 Å². The molecule has 0 bridgehead atoms. The highest BCUT2D eigenvalue weighted by Crippen LogP contribution is 2.29. The second-order valence-electron chi connectivity index (χ2n) is 4.13. The van der Waals surface area contributed by atoms with Gasteiger partial charge in [0.05, 0.1) is 17.6 Å². The number of ether oxygens (including phenoxy) is 1. The van der Waals surface area contributed by atoms with Gasteiger partial charge >= 0.3 is 6.03 Å². The highest BCUT2D eigenvalue weighted by atomic mass is 79.9. The standard InChI is InChI=1S/C12H16BrN3O2/c1-18-11-3-2-8(6-9(11)13)10-7-16(5-4-14)12(17)15-10/h2-3,6,10H,4-5,7,14H2,1H3,(H,15,17). The van der Waals surface area contributed by atoms with E-state index in [1.165, 1.54) is 0 Å². The van der Waals surface area contributed by atoms with E-state index < -0.39 is 0 Å². The van der Waals surface area contributed by atoms with Gasteiger partial charge in [-0.25, -0.2) is 4.79 Å². The van der Waals surface area contributed by atoms with Crippen LogP contribution in [0, 0.1) is 0 Å². The average Bonchev–Trinajstić information content (AvgIpc) is 2.71. The fourth-order valence-electron chi connectivity index (χ4n) is 2.03. The molecule has 6 heteroatoms. The van der Waals surface area contributed by atoms with Gasteiger partial charge in [-0.2, -0.15) is 0 Å². The molecule has 2 rings (SSSR count). The van der Waals surface area contributed by atoms with Gasteiger partial charge in [0, 0.05) is 19.6 Å². The van der Waals surface area contributed by atoms with Crippen molar-refractivity contribution in [1.82, 2.24) is 10.2 Å². The van der Waals surface area contributed by atoms with Crippen LogP contribution in [0.1, 0.15) is 11.6 Å². The minimum atomic E-state index is -0.0580. The Hall–Kier alpha value is -1.27. The summed E-state index contributed by atoms with van der Waals surface area (Å²) in [6.07, 6.45) is 0. The highest BCUT2D eigenvalue weighted by molar-refractivity contribution is 9.10. The van der Waals surface area contributed by atoms with E-state index in [-0.39, 0.29) is 12.1 Å². The number of hydrogen-bond donors (Lipinski definition) is 2. The first-order valence-corrected chi connectivity index (χ1v) is 6.54. The lowest BCUT2D eigenvalue weighted by Crippen LogP contribution is -2.32. The molecule has 1 unspecified atom stereocenters. The lowest BCUT2D eigenvalue weighted by atomic mass is 10.1. The van der Waals surface area contributed by atoms with Crippen molar-refractivity contribution in [2.45, 2.75) is 6.04 Å². The molecule has 18 heavy (non-hydrogen) atoms. The van der Waals surface area contributed by atoms with Crippen molar-refractivity contribution in [3.63, 3.8) is 0 Å². The normalized spacial score (nSPS) is 18.9. The fourth-order valence-corrected chi connectivity index (χ4v) is 2.58. The molecular formula is C12H16BrN3O2. The smallest absolute Gasteiger partial charge is 0.318 e. The van der Waals surface area contributed by atoms with Crippen LogP contribution in [0.15, 0.2) is 22.7 Å². The van der Waals surface area contributed by atoms with Gasteiger partial charge in [-0.3, -0.25) is 0 Å². The van der Waals surface area contributed by atoms with Gasteiger partial charge in [0.25, 0.3) is 0 Å². The number of benzene rings is 1. The molecule has 0 spiro atoms.